The number of oxazole rings is 1. The molecule has 2 N–H and O–H groups in total. The van der Waals surface area contributed by atoms with Crippen LogP contribution in [0.25, 0.3) is 11.3 Å². The van der Waals surface area contributed by atoms with Crippen molar-refractivity contribution >= 4 is 5.91 Å². The summed E-state index contributed by atoms with van der Waals surface area (Å²) in [5.74, 6) is 1.53. The van der Waals surface area contributed by atoms with Gasteiger partial charge in [0.15, 0.2) is 11.7 Å². The number of fused-ring (bicyclic) bond motifs is 2. The molecule has 132 valence electrons. The molecule has 2 bridgehead atoms. The van der Waals surface area contributed by atoms with Crippen LogP contribution in [0, 0.1) is 6.92 Å². The first-order valence-corrected chi connectivity index (χ1v) is 9.24. The predicted molar refractivity (Wildman–Crippen MR) is 96.1 cm³/mol. The number of rotatable bonds is 5. The molecule has 25 heavy (non-hydrogen) atoms. The Kier molecular flexibility index (Phi) is 4.57. The van der Waals surface area contributed by atoms with Crippen molar-refractivity contribution in [3.8, 4) is 11.3 Å². The van der Waals surface area contributed by atoms with E-state index in [0.29, 0.717) is 36.9 Å². The van der Waals surface area contributed by atoms with Crippen LogP contribution in [-0.2, 0) is 11.2 Å². The Labute approximate surface area is 148 Å². The van der Waals surface area contributed by atoms with Gasteiger partial charge in [0.2, 0.25) is 5.91 Å². The highest BCUT2D eigenvalue weighted by Gasteiger charge is 2.33. The Morgan fingerprint density at radius 2 is 1.96 bits per heavy atom. The van der Waals surface area contributed by atoms with Crippen molar-refractivity contribution in [3.05, 3.63) is 41.9 Å². The number of hydrogen-bond acceptors (Lipinski definition) is 4. The van der Waals surface area contributed by atoms with E-state index in [-0.39, 0.29) is 5.91 Å². The normalized spacial score (nSPS) is 25.1. The molecule has 0 spiro atoms. The fraction of sp³-hybridized carbons (Fsp3) is 0.500. The molecule has 0 saturated carbocycles. The number of hydrogen-bond donors (Lipinski definition) is 2. The number of benzene rings is 1. The summed E-state index contributed by atoms with van der Waals surface area (Å²) in [6.07, 6.45) is 5.56. The van der Waals surface area contributed by atoms with Gasteiger partial charge < -0.3 is 15.1 Å². The number of piperidine rings is 1. The molecule has 0 radical (unpaired) electrons. The number of amides is 1. The minimum Gasteiger partial charge on any atom is -0.440 e. The van der Waals surface area contributed by atoms with E-state index in [4.69, 9.17) is 4.42 Å². The van der Waals surface area contributed by atoms with Gasteiger partial charge in [-0.05, 0) is 32.6 Å². The average Bonchev–Trinajstić information content (AvgIpc) is 3.16. The van der Waals surface area contributed by atoms with Gasteiger partial charge in [-0.3, -0.25) is 4.79 Å². The van der Waals surface area contributed by atoms with Crippen molar-refractivity contribution in [2.75, 3.05) is 0 Å². The first-order chi connectivity index (χ1) is 12.2. The lowest BCUT2D eigenvalue weighted by Gasteiger charge is -2.29. The summed E-state index contributed by atoms with van der Waals surface area (Å²) in [6.45, 7) is 1.94. The number of nitrogens with one attached hydrogen (secondary N) is 2. The van der Waals surface area contributed by atoms with Gasteiger partial charge in [-0.15, -0.1) is 0 Å². The summed E-state index contributed by atoms with van der Waals surface area (Å²) in [7, 11) is 0. The second kappa shape index (κ2) is 7.00. The van der Waals surface area contributed by atoms with Gasteiger partial charge in [0.25, 0.3) is 0 Å². The third-order valence-corrected chi connectivity index (χ3v) is 5.28. The molecule has 2 aromatic rings. The van der Waals surface area contributed by atoms with E-state index in [9.17, 15) is 4.79 Å². The minimum atomic E-state index is 0.100. The zero-order valence-corrected chi connectivity index (χ0v) is 14.6. The molecule has 0 aliphatic carbocycles. The SMILES string of the molecule is Cc1nc(CCC(=O)NC2CC3CCC(C2)N3)oc1-c1ccccc1. The summed E-state index contributed by atoms with van der Waals surface area (Å²) < 4.78 is 5.88. The maximum absolute atomic E-state index is 12.3. The van der Waals surface area contributed by atoms with Gasteiger partial charge >= 0.3 is 0 Å². The molecule has 5 nitrogen and oxygen atoms in total. The van der Waals surface area contributed by atoms with E-state index >= 15 is 0 Å². The Hall–Kier alpha value is -2.14. The van der Waals surface area contributed by atoms with Crippen LogP contribution in [0.3, 0.4) is 0 Å². The Morgan fingerprint density at radius 3 is 2.68 bits per heavy atom. The summed E-state index contributed by atoms with van der Waals surface area (Å²) in [5, 5.41) is 6.79. The van der Waals surface area contributed by atoms with E-state index in [1.807, 2.05) is 37.3 Å². The average molecular weight is 339 g/mol. The molecule has 1 amide bonds. The van der Waals surface area contributed by atoms with Crippen molar-refractivity contribution in [2.45, 2.75) is 63.6 Å². The zero-order chi connectivity index (χ0) is 17.2. The summed E-state index contributed by atoms with van der Waals surface area (Å²) in [4.78, 5) is 16.8. The lowest BCUT2D eigenvalue weighted by atomic mass is 9.99. The van der Waals surface area contributed by atoms with Gasteiger partial charge in [0.1, 0.15) is 0 Å². The molecule has 2 aliphatic rings. The van der Waals surface area contributed by atoms with Crippen LogP contribution >= 0.6 is 0 Å². The molecule has 3 heterocycles. The molecule has 2 atom stereocenters. The number of aromatic nitrogens is 1. The molecule has 1 aromatic carbocycles. The molecular formula is C20H25N3O2. The second-order valence-corrected chi connectivity index (χ2v) is 7.26. The standard InChI is InChI=1S/C20H25N3O2/c1-13-20(14-5-3-2-4-6-14)25-19(21-13)10-9-18(24)23-17-11-15-7-8-16(12-17)22-15/h2-6,15-17,22H,7-12H2,1H3,(H,23,24). The van der Waals surface area contributed by atoms with E-state index in [0.717, 1.165) is 29.9 Å². The van der Waals surface area contributed by atoms with Gasteiger partial charge in [0.05, 0.1) is 5.69 Å². The third kappa shape index (κ3) is 3.76. The lowest BCUT2D eigenvalue weighted by molar-refractivity contribution is -0.122. The van der Waals surface area contributed by atoms with Crippen LogP contribution in [0.2, 0.25) is 0 Å². The number of carbonyl (C=O) groups is 1. The molecule has 4 rings (SSSR count). The van der Waals surface area contributed by atoms with Crippen LogP contribution < -0.4 is 10.6 Å². The fourth-order valence-corrected chi connectivity index (χ4v) is 4.11. The number of nitrogens with zero attached hydrogens (tertiary/aromatic N) is 1. The quantitative estimate of drug-likeness (QED) is 0.879. The molecule has 2 fully saturated rings. The largest absolute Gasteiger partial charge is 0.440 e. The highest BCUT2D eigenvalue weighted by molar-refractivity contribution is 5.76. The predicted octanol–water partition coefficient (Wildman–Crippen LogP) is 2.98. The maximum Gasteiger partial charge on any atom is 0.220 e. The lowest BCUT2D eigenvalue weighted by Crippen LogP contribution is -2.48. The minimum absolute atomic E-state index is 0.100. The van der Waals surface area contributed by atoms with Crippen molar-refractivity contribution in [3.63, 3.8) is 0 Å². The highest BCUT2D eigenvalue weighted by atomic mass is 16.4. The first kappa shape index (κ1) is 16.3. The van der Waals surface area contributed by atoms with E-state index in [2.05, 4.69) is 15.6 Å². The smallest absolute Gasteiger partial charge is 0.220 e. The Bertz CT molecular complexity index is 729. The molecule has 2 unspecified atom stereocenters. The highest BCUT2D eigenvalue weighted by Crippen LogP contribution is 2.27. The maximum atomic E-state index is 12.3. The second-order valence-electron chi connectivity index (χ2n) is 7.26. The van der Waals surface area contributed by atoms with E-state index in [1.54, 1.807) is 0 Å². The van der Waals surface area contributed by atoms with Gasteiger partial charge in [-0.25, -0.2) is 4.98 Å². The Balaban J connectivity index is 1.32. The van der Waals surface area contributed by atoms with Crippen LogP contribution in [-0.4, -0.2) is 29.0 Å². The molecular weight excluding hydrogens is 314 g/mol. The van der Waals surface area contributed by atoms with E-state index in [1.165, 1.54) is 12.8 Å². The molecule has 5 heteroatoms. The zero-order valence-electron chi connectivity index (χ0n) is 14.6. The monoisotopic (exact) mass is 339 g/mol. The van der Waals surface area contributed by atoms with Crippen molar-refractivity contribution in [2.24, 2.45) is 0 Å². The number of aryl methyl sites for hydroxylation is 2. The summed E-state index contributed by atoms with van der Waals surface area (Å²) in [5.41, 5.74) is 1.89. The van der Waals surface area contributed by atoms with Crippen molar-refractivity contribution in [1.29, 1.82) is 0 Å². The van der Waals surface area contributed by atoms with E-state index < -0.39 is 0 Å². The van der Waals surface area contributed by atoms with Gasteiger partial charge in [0, 0.05) is 36.5 Å². The van der Waals surface area contributed by atoms with Crippen LogP contribution in [0.5, 0.6) is 0 Å². The van der Waals surface area contributed by atoms with Crippen molar-refractivity contribution in [1.82, 2.24) is 15.6 Å². The fourth-order valence-electron chi connectivity index (χ4n) is 4.11. The van der Waals surface area contributed by atoms with Crippen molar-refractivity contribution < 1.29 is 9.21 Å². The topological polar surface area (TPSA) is 67.2 Å². The Morgan fingerprint density at radius 1 is 1.24 bits per heavy atom. The summed E-state index contributed by atoms with van der Waals surface area (Å²) in [6, 6.07) is 11.5. The third-order valence-electron chi connectivity index (χ3n) is 5.28. The van der Waals surface area contributed by atoms with Crippen LogP contribution in [0.4, 0.5) is 0 Å². The first-order valence-electron chi connectivity index (χ1n) is 9.24. The molecule has 2 saturated heterocycles. The molecule has 2 aliphatic heterocycles. The number of carbonyl (C=O) groups excluding carboxylic acids is 1. The molecule has 1 aromatic heterocycles. The van der Waals surface area contributed by atoms with Crippen LogP contribution in [0.15, 0.2) is 34.7 Å². The van der Waals surface area contributed by atoms with Gasteiger partial charge in [-0.2, -0.15) is 0 Å². The summed E-state index contributed by atoms with van der Waals surface area (Å²) >= 11 is 0. The van der Waals surface area contributed by atoms with Gasteiger partial charge in [-0.1, -0.05) is 30.3 Å². The van der Waals surface area contributed by atoms with Crippen LogP contribution in [0.1, 0.15) is 43.7 Å².